The highest BCUT2D eigenvalue weighted by Crippen LogP contribution is 2.47. The highest BCUT2D eigenvalue weighted by atomic mass is 32.1. The first-order valence-electron chi connectivity index (χ1n) is 12.1. The molecule has 5 rings (SSSR count). The maximum absolute atomic E-state index is 13.9. The lowest BCUT2D eigenvalue weighted by Crippen LogP contribution is -2.50. The van der Waals surface area contributed by atoms with Crippen LogP contribution in [0.2, 0.25) is 0 Å². The second kappa shape index (κ2) is 10.0. The maximum atomic E-state index is 13.9. The number of nitrogens with one attached hydrogen (secondary N) is 1. The van der Waals surface area contributed by atoms with Crippen molar-refractivity contribution >= 4 is 23.2 Å². The van der Waals surface area contributed by atoms with Crippen molar-refractivity contribution in [3.63, 3.8) is 0 Å². The standard InChI is InChI=1S/C28H30N2O3S/c1-2-33-23-15-8-3-10-19(23)18-29-27(31)25-21-13-6-7-14-22(21)28(32)30(20-11-4-5-12-20)26(25)24-16-9-17-34-24/h3,6-10,13-17,20,25-26H,2,4-5,11-12,18H2,1H3,(H,29,31)/t25-,26-/m1/s1. The molecule has 0 saturated heterocycles. The van der Waals surface area contributed by atoms with Crippen molar-refractivity contribution in [2.24, 2.45) is 0 Å². The SMILES string of the molecule is CCOc1ccccc1CNC(=O)[C@@H]1c2ccccc2C(=O)N(C2CCCC2)[C@@H]1c1cccs1. The quantitative estimate of drug-likeness (QED) is 0.479. The average Bonchev–Trinajstić information content (AvgIpc) is 3.58. The summed E-state index contributed by atoms with van der Waals surface area (Å²) in [5, 5.41) is 5.20. The van der Waals surface area contributed by atoms with E-state index in [4.69, 9.17) is 4.74 Å². The van der Waals surface area contributed by atoms with Gasteiger partial charge in [-0.25, -0.2) is 0 Å². The normalized spacial score (nSPS) is 20.3. The van der Waals surface area contributed by atoms with Crippen LogP contribution >= 0.6 is 11.3 Å². The Morgan fingerprint density at radius 1 is 1.06 bits per heavy atom. The molecule has 2 aromatic carbocycles. The summed E-state index contributed by atoms with van der Waals surface area (Å²) in [4.78, 5) is 30.7. The minimum Gasteiger partial charge on any atom is -0.494 e. The lowest BCUT2D eigenvalue weighted by molar-refractivity contribution is -0.124. The number of carbonyl (C=O) groups excluding carboxylic acids is 2. The molecule has 1 aliphatic heterocycles. The topological polar surface area (TPSA) is 58.6 Å². The zero-order valence-corrected chi connectivity index (χ0v) is 20.2. The third-order valence-electron chi connectivity index (χ3n) is 6.94. The van der Waals surface area contributed by atoms with Crippen molar-refractivity contribution in [2.75, 3.05) is 6.61 Å². The van der Waals surface area contributed by atoms with E-state index >= 15 is 0 Å². The van der Waals surface area contributed by atoms with E-state index in [1.54, 1.807) is 11.3 Å². The fourth-order valence-electron chi connectivity index (χ4n) is 5.42. The van der Waals surface area contributed by atoms with Crippen molar-refractivity contribution in [3.8, 4) is 5.75 Å². The summed E-state index contributed by atoms with van der Waals surface area (Å²) >= 11 is 1.62. The second-order valence-electron chi connectivity index (χ2n) is 8.93. The van der Waals surface area contributed by atoms with Gasteiger partial charge in [0.15, 0.2) is 0 Å². The Morgan fingerprint density at radius 3 is 2.59 bits per heavy atom. The van der Waals surface area contributed by atoms with Gasteiger partial charge in [0.1, 0.15) is 5.75 Å². The number of para-hydroxylation sites is 1. The van der Waals surface area contributed by atoms with Gasteiger partial charge in [0, 0.05) is 28.6 Å². The summed E-state index contributed by atoms with van der Waals surface area (Å²) in [7, 11) is 0. The van der Waals surface area contributed by atoms with Crippen LogP contribution in [0.25, 0.3) is 0 Å². The molecule has 0 radical (unpaired) electrons. The minimum atomic E-state index is -0.465. The van der Waals surface area contributed by atoms with Gasteiger partial charge in [0.25, 0.3) is 5.91 Å². The molecule has 2 heterocycles. The lowest BCUT2D eigenvalue weighted by Gasteiger charge is -2.44. The summed E-state index contributed by atoms with van der Waals surface area (Å²) in [5.74, 6) is 0.304. The van der Waals surface area contributed by atoms with Gasteiger partial charge >= 0.3 is 0 Å². The number of hydrogen-bond donors (Lipinski definition) is 1. The van der Waals surface area contributed by atoms with Gasteiger partial charge in [-0.15, -0.1) is 11.3 Å². The number of hydrogen-bond acceptors (Lipinski definition) is 4. The smallest absolute Gasteiger partial charge is 0.254 e. The molecule has 1 aromatic heterocycles. The fourth-order valence-corrected chi connectivity index (χ4v) is 6.28. The first-order chi connectivity index (χ1) is 16.7. The Labute approximate surface area is 204 Å². The minimum absolute atomic E-state index is 0.0478. The monoisotopic (exact) mass is 474 g/mol. The molecule has 176 valence electrons. The van der Waals surface area contributed by atoms with E-state index in [2.05, 4.69) is 11.4 Å². The summed E-state index contributed by atoms with van der Waals surface area (Å²) in [6.45, 7) is 2.90. The van der Waals surface area contributed by atoms with Crippen LogP contribution in [0.3, 0.4) is 0 Å². The summed E-state index contributed by atoms with van der Waals surface area (Å²) in [5.41, 5.74) is 2.41. The number of carbonyl (C=O) groups is 2. The van der Waals surface area contributed by atoms with Crippen LogP contribution in [-0.2, 0) is 11.3 Å². The molecule has 3 aromatic rings. The molecule has 1 aliphatic carbocycles. The summed E-state index contributed by atoms with van der Waals surface area (Å²) in [6.07, 6.45) is 4.23. The van der Waals surface area contributed by atoms with Gasteiger partial charge in [-0.05, 0) is 48.9 Å². The molecule has 34 heavy (non-hydrogen) atoms. The first kappa shape index (κ1) is 22.7. The third kappa shape index (κ3) is 4.23. The first-order valence-corrected chi connectivity index (χ1v) is 13.0. The second-order valence-corrected chi connectivity index (χ2v) is 9.91. The Morgan fingerprint density at radius 2 is 1.82 bits per heavy atom. The third-order valence-corrected chi connectivity index (χ3v) is 7.88. The highest BCUT2D eigenvalue weighted by molar-refractivity contribution is 7.10. The highest BCUT2D eigenvalue weighted by Gasteiger charge is 2.47. The van der Waals surface area contributed by atoms with Crippen molar-refractivity contribution in [1.82, 2.24) is 10.2 Å². The van der Waals surface area contributed by atoms with Crippen LogP contribution in [0.5, 0.6) is 5.75 Å². The number of amides is 2. The predicted octanol–water partition coefficient (Wildman–Crippen LogP) is 5.69. The average molecular weight is 475 g/mol. The molecule has 0 unspecified atom stereocenters. The molecular weight excluding hydrogens is 444 g/mol. The Bertz CT molecular complexity index is 1150. The molecule has 2 amide bonds. The number of thiophene rings is 1. The largest absolute Gasteiger partial charge is 0.494 e. The Balaban J connectivity index is 1.52. The van der Waals surface area contributed by atoms with Crippen molar-refractivity contribution in [3.05, 3.63) is 87.6 Å². The van der Waals surface area contributed by atoms with Crippen LogP contribution in [-0.4, -0.2) is 29.4 Å². The number of benzene rings is 2. The fraction of sp³-hybridized carbons (Fsp3) is 0.357. The molecule has 1 fully saturated rings. The van der Waals surface area contributed by atoms with E-state index in [1.807, 2.05) is 71.8 Å². The maximum Gasteiger partial charge on any atom is 0.254 e. The van der Waals surface area contributed by atoms with Gasteiger partial charge in [-0.2, -0.15) is 0 Å². The zero-order chi connectivity index (χ0) is 23.5. The van der Waals surface area contributed by atoms with Crippen molar-refractivity contribution in [2.45, 2.75) is 57.2 Å². The van der Waals surface area contributed by atoms with Crippen LogP contribution in [0.4, 0.5) is 0 Å². The van der Waals surface area contributed by atoms with Crippen molar-refractivity contribution < 1.29 is 14.3 Å². The Hall–Kier alpha value is -3.12. The summed E-state index contributed by atoms with van der Waals surface area (Å²) in [6, 6.07) is 19.4. The van der Waals surface area contributed by atoms with Crippen LogP contribution in [0.15, 0.2) is 66.0 Å². The molecule has 6 heteroatoms. The lowest BCUT2D eigenvalue weighted by atomic mass is 9.80. The van der Waals surface area contributed by atoms with Gasteiger partial charge < -0.3 is 15.0 Å². The molecule has 1 N–H and O–H groups in total. The predicted molar refractivity (Wildman–Crippen MR) is 134 cm³/mol. The van der Waals surface area contributed by atoms with Gasteiger partial charge in [-0.1, -0.05) is 55.3 Å². The van der Waals surface area contributed by atoms with Gasteiger partial charge in [-0.3, -0.25) is 9.59 Å². The van der Waals surface area contributed by atoms with Crippen LogP contribution in [0, 0.1) is 0 Å². The zero-order valence-electron chi connectivity index (χ0n) is 19.4. The van der Waals surface area contributed by atoms with E-state index in [0.29, 0.717) is 18.7 Å². The molecule has 1 saturated carbocycles. The van der Waals surface area contributed by atoms with E-state index in [1.165, 1.54) is 0 Å². The molecular formula is C28H30N2O3S. The summed E-state index contributed by atoms with van der Waals surface area (Å²) < 4.78 is 5.75. The number of rotatable bonds is 7. The van der Waals surface area contributed by atoms with Gasteiger partial charge in [0.05, 0.1) is 18.6 Å². The number of ether oxygens (including phenoxy) is 1. The molecule has 2 atom stereocenters. The van der Waals surface area contributed by atoms with Crippen LogP contribution < -0.4 is 10.1 Å². The molecule has 5 nitrogen and oxygen atoms in total. The van der Waals surface area contributed by atoms with Crippen LogP contribution in [0.1, 0.15) is 70.9 Å². The molecule has 0 bridgehead atoms. The molecule has 2 aliphatic rings. The van der Waals surface area contributed by atoms with Gasteiger partial charge in [0.2, 0.25) is 5.91 Å². The van der Waals surface area contributed by atoms with E-state index in [-0.39, 0.29) is 23.9 Å². The van der Waals surface area contributed by atoms with E-state index in [0.717, 1.165) is 47.4 Å². The van der Waals surface area contributed by atoms with Crippen molar-refractivity contribution in [1.29, 1.82) is 0 Å². The number of fused-ring (bicyclic) bond motifs is 1. The van der Waals surface area contributed by atoms with E-state index in [9.17, 15) is 9.59 Å². The van der Waals surface area contributed by atoms with E-state index < -0.39 is 5.92 Å². The number of nitrogens with zero attached hydrogens (tertiary/aromatic N) is 1. The Kier molecular flexibility index (Phi) is 6.68. The molecule has 0 spiro atoms.